The summed E-state index contributed by atoms with van der Waals surface area (Å²) in [6.07, 6.45) is 0.483. The summed E-state index contributed by atoms with van der Waals surface area (Å²) in [6, 6.07) is 10.3. The van der Waals surface area contributed by atoms with Gasteiger partial charge in [0.15, 0.2) is 0 Å². The van der Waals surface area contributed by atoms with Gasteiger partial charge in [-0.25, -0.2) is 0 Å². The molecule has 2 rings (SSSR count). The number of nitrogens with zero attached hydrogens (tertiary/aromatic N) is 1. The fourth-order valence-electron chi connectivity index (χ4n) is 2.92. The number of benzene rings is 1. The Morgan fingerprint density at radius 2 is 2.13 bits per heavy atom. The number of rotatable bonds is 7. The van der Waals surface area contributed by atoms with Gasteiger partial charge in [-0.15, -0.1) is 0 Å². The van der Waals surface area contributed by atoms with Crippen LogP contribution in [0.1, 0.15) is 25.8 Å². The minimum Gasteiger partial charge on any atom is -0.366 e. The van der Waals surface area contributed by atoms with Gasteiger partial charge in [-0.1, -0.05) is 44.2 Å². The molecule has 1 aliphatic rings. The van der Waals surface area contributed by atoms with Crippen molar-refractivity contribution in [1.29, 1.82) is 0 Å². The molecule has 1 fully saturated rings. The Hall–Kier alpha value is -1.43. The lowest BCUT2D eigenvalue weighted by molar-refractivity contribution is -0.139. The quantitative estimate of drug-likeness (QED) is 0.797. The van der Waals surface area contributed by atoms with Crippen LogP contribution in [-0.2, 0) is 16.1 Å². The molecule has 0 radical (unpaired) electrons. The summed E-state index contributed by atoms with van der Waals surface area (Å²) in [6.45, 7) is 7.64. The first kappa shape index (κ1) is 17.9. The lowest BCUT2D eigenvalue weighted by atomic mass is 10.0. The fraction of sp³-hybridized carbons (Fsp3) is 0.611. The highest BCUT2D eigenvalue weighted by molar-refractivity contribution is 5.81. The molecular weight excluding hydrogens is 290 g/mol. The Bertz CT molecular complexity index is 478. The van der Waals surface area contributed by atoms with E-state index in [1.54, 1.807) is 0 Å². The number of nitrogens with one attached hydrogen (secondary N) is 1. The second-order valence-electron chi connectivity index (χ2n) is 6.65. The third-order valence-electron chi connectivity index (χ3n) is 4.08. The molecule has 0 aliphatic carbocycles. The molecule has 0 bridgehead atoms. The molecule has 2 atom stereocenters. The van der Waals surface area contributed by atoms with E-state index in [-0.39, 0.29) is 11.9 Å². The summed E-state index contributed by atoms with van der Waals surface area (Å²) in [7, 11) is 0. The number of carbonyl (C=O) groups is 1. The second-order valence-corrected chi connectivity index (χ2v) is 6.65. The number of ether oxygens (including phenoxy) is 1. The number of nitrogens with two attached hydrogens (primary N) is 1. The molecule has 3 N–H and O–H groups in total. The number of morpholine rings is 1. The molecule has 5 heteroatoms. The highest BCUT2D eigenvalue weighted by atomic mass is 16.5. The predicted octanol–water partition coefficient (Wildman–Crippen LogP) is 1.38. The zero-order valence-corrected chi connectivity index (χ0v) is 14.2. The van der Waals surface area contributed by atoms with E-state index in [0.717, 1.165) is 19.5 Å². The van der Waals surface area contributed by atoms with Gasteiger partial charge < -0.3 is 15.8 Å². The van der Waals surface area contributed by atoms with Gasteiger partial charge in [0.1, 0.15) is 6.10 Å². The maximum absolute atomic E-state index is 12.4. The summed E-state index contributed by atoms with van der Waals surface area (Å²) in [5.41, 5.74) is 7.02. The minimum atomic E-state index is -0.409. The van der Waals surface area contributed by atoms with Crippen LogP contribution in [0.25, 0.3) is 0 Å². The van der Waals surface area contributed by atoms with Crippen LogP contribution in [0.2, 0.25) is 0 Å². The molecular formula is C18H29N3O2. The third-order valence-corrected chi connectivity index (χ3v) is 4.08. The van der Waals surface area contributed by atoms with E-state index in [1.165, 1.54) is 5.56 Å². The van der Waals surface area contributed by atoms with Gasteiger partial charge in [0.25, 0.3) is 5.91 Å². The summed E-state index contributed by atoms with van der Waals surface area (Å²) >= 11 is 0. The monoisotopic (exact) mass is 319 g/mol. The molecule has 1 heterocycles. The van der Waals surface area contributed by atoms with Crippen molar-refractivity contribution in [2.24, 2.45) is 11.7 Å². The van der Waals surface area contributed by atoms with Gasteiger partial charge in [-0.3, -0.25) is 9.69 Å². The van der Waals surface area contributed by atoms with Gasteiger partial charge in [0, 0.05) is 32.2 Å². The van der Waals surface area contributed by atoms with Crippen LogP contribution in [0.15, 0.2) is 30.3 Å². The molecule has 1 aromatic carbocycles. The van der Waals surface area contributed by atoms with Crippen molar-refractivity contribution >= 4 is 5.91 Å². The Labute approximate surface area is 139 Å². The lowest BCUT2D eigenvalue weighted by Crippen LogP contribution is -2.52. The van der Waals surface area contributed by atoms with Crippen LogP contribution in [-0.4, -0.2) is 49.2 Å². The molecule has 2 unspecified atom stereocenters. The average molecular weight is 319 g/mol. The Morgan fingerprint density at radius 3 is 2.78 bits per heavy atom. The third kappa shape index (κ3) is 5.94. The molecule has 1 amide bonds. The molecule has 0 spiro atoms. The average Bonchev–Trinajstić information content (AvgIpc) is 2.55. The zero-order chi connectivity index (χ0) is 16.7. The smallest absolute Gasteiger partial charge is 0.250 e. The van der Waals surface area contributed by atoms with Crippen molar-refractivity contribution in [3.05, 3.63) is 35.9 Å². The Balaban J connectivity index is 1.86. The van der Waals surface area contributed by atoms with Crippen molar-refractivity contribution < 1.29 is 9.53 Å². The largest absolute Gasteiger partial charge is 0.366 e. The van der Waals surface area contributed by atoms with Gasteiger partial charge in [-0.2, -0.15) is 0 Å². The van der Waals surface area contributed by atoms with Crippen molar-refractivity contribution in [2.45, 2.75) is 39.0 Å². The van der Waals surface area contributed by atoms with Crippen molar-refractivity contribution in [3.63, 3.8) is 0 Å². The minimum absolute atomic E-state index is 0.0237. The Morgan fingerprint density at radius 1 is 1.39 bits per heavy atom. The Kier molecular flexibility index (Phi) is 7.02. The van der Waals surface area contributed by atoms with Gasteiger partial charge >= 0.3 is 0 Å². The maximum Gasteiger partial charge on any atom is 0.250 e. The fourth-order valence-corrected chi connectivity index (χ4v) is 2.92. The van der Waals surface area contributed by atoms with Crippen LogP contribution < -0.4 is 11.1 Å². The summed E-state index contributed by atoms with van der Waals surface area (Å²) in [4.78, 5) is 14.7. The molecule has 1 saturated heterocycles. The van der Waals surface area contributed by atoms with Crippen molar-refractivity contribution in [2.75, 3.05) is 26.2 Å². The topological polar surface area (TPSA) is 67.6 Å². The van der Waals surface area contributed by atoms with E-state index in [4.69, 9.17) is 10.5 Å². The highest BCUT2D eigenvalue weighted by Crippen LogP contribution is 2.11. The molecule has 1 aromatic rings. The molecule has 23 heavy (non-hydrogen) atoms. The van der Waals surface area contributed by atoms with E-state index in [1.807, 2.05) is 18.2 Å². The van der Waals surface area contributed by atoms with Crippen LogP contribution >= 0.6 is 0 Å². The molecule has 0 aromatic heterocycles. The number of hydrogen-bond donors (Lipinski definition) is 2. The van der Waals surface area contributed by atoms with Crippen LogP contribution in [0, 0.1) is 5.92 Å². The van der Waals surface area contributed by atoms with Crippen molar-refractivity contribution in [1.82, 2.24) is 10.2 Å². The number of hydrogen-bond acceptors (Lipinski definition) is 4. The van der Waals surface area contributed by atoms with Gasteiger partial charge in [0.2, 0.25) is 0 Å². The van der Waals surface area contributed by atoms with E-state index in [9.17, 15) is 4.79 Å². The molecule has 128 valence electrons. The highest BCUT2D eigenvalue weighted by Gasteiger charge is 2.28. The van der Waals surface area contributed by atoms with Crippen LogP contribution in [0.4, 0.5) is 0 Å². The first-order chi connectivity index (χ1) is 11.1. The summed E-state index contributed by atoms with van der Waals surface area (Å²) < 4.78 is 5.66. The first-order valence-electron chi connectivity index (χ1n) is 8.46. The number of amides is 1. The zero-order valence-electron chi connectivity index (χ0n) is 14.2. The number of carbonyl (C=O) groups excluding carboxylic acids is 1. The lowest BCUT2D eigenvalue weighted by Gasteiger charge is -2.33. The van der Waals surface area contributed by atoms with E-state index >= 15 is 0 Å². The van der Waals surface area contributed by atoms with E-state index in [0.29, 0.717) is 25.6 Å². The first-order valence-corrected chi connectivity index (χ1v) is 8.46. The van der Waals surface area contributed by atoms with Gasteiger partial charge in [0.05, 0.1) is 6.61 Å². The predicted molar refractivity (Wildman–Crippen MR) is 91.9 cm³/mol. The van der Waals surface area contributed by atoms with Gasteiger partial charge in [-0.05, 0) is 17.9 Å². The van der Waals surface area contributed by atoms with Crippen LogP contribution in [0.5, 0.6) is 0 Å². The van der Waals surface area contributed by atoms with E-state index < -0.39 is 6.10 Å². The second kappa shape index (κ2) is 9.01. The standard InChI is InChI=1S/C18H29N3O2/c1-14(2)10-16(11-19)20-18(22)17-13-21(8-9-23-17)12-15-6-4-3-5-7-15/h3-7,14,16-17H,8-13,19H2,1-2H3,(H,20,22). The maximum atomic E-state index is 12.4. The SMILES string of the molecule is CC(C)CC(CN)NC(=O)C1CN(Cc2ccccc2)CCO1. The molecule has 0 saturated carbocycles. The van der Waals surface area contributed by atoms with Crippen LogP contribution in [0.3, 0.4) is 0 Å². The summed E-state index contributed by atoms with van der Waals surface area (Å²) in [5, 5.41) is 3.04. The normalized spacial score (nSPS) is 20.4. The summed E-state index contributed by atoms with van der Waals surface area (Å²) in [5.74, 6) is 0.463. The van der Waals surface area contributed by atoms with Crippen molar-refractivity contribution in [3.8, 4) is 0 Å². The molecule has 5 nitrogen and oxygen atoms in total. The van der Waals surface area contributed by atoms with E-state index in [2.05, 4.69) is 36.2 Å². The molecule has 1 aliphatic heterocycles.